The zero-order valence-electron chi connectivity index (χ0n) is 20.5. The number of rotatable bonds is 6. The maximum Gasteiger partial charge on any atom is 0.308 e. The number of fused-ring (bicyclic) bond motifs is 3. The number of carbonyl (C=O) groups excluding carboxylic acids is 1. The largest absolute Gasteiger partial charge is 0.496 e. The van der Waals surface area contributed by atoms with Gasteiger partial charge < -0.3 is 9.47 Å². The van der Waals surface area contributed by atoms with E-state index in [1.807, 2.05) is 32.0 Å². The van der Waals surface area contributed by atoms with E-state index in [1.165, 1.54) is 0 Å². The molecule has 2 heterocycles. The fraction of sp³-hybridized carbons (Fsp3) is 0.500. The van der Waals surface area contributed by atoms with Crippen molar-refractivity contribution in [3.8, 4) is 5.75 Å². The van der Waals surface area contributed by atoms with Gasteiger partial charge in [0, 0.05) is 26.2 Å². The summed E-state index contributed by atoms with van der Waals surface area (Å²) in [5.41, 5.74) is 3.26. The van der Waals surface area contributed by atoms with Crippen LogP contribution >= 0.6 is 0 Å². The molecule has 1 fully saturated rings. The molecule has 0 bridgehead atoms. The number of sulfonamides is 1. The zero-order chi connectivity index (χ0) is 24.5. The van der Waals surface area contributed by atoms with Crippen molar-refractivity contribution in [3.05, 3.63) is 58.7 Å². The van der Waals surface area contributed by atoms with Gasteiger partial charge in [0.2, 0.25) is 10.0 Å². The van der Waals surface area contributed by atoms with Gasteiger partial charge in [0.25, 0.3) is 0 Å². The van der Waals surface area contributed by atoms with Gasteiger partial charge in [0.1, 0.15) is 5.75 Å². The van der Waals surface area contributed by atoms with Crippen molar-refractivity contribution < 1.29 is 22.7 Å². The van der Waals surface area contributed by atoms with E-state index in [2.05, 4.69) is 11.0 Å². The first kappa shape index (κ1) is 24.7. The smallest absolute Gasteiger partial charge is 0.308 e. The lowest BCUT2D eigenvalue weighted by Gasteiger charge is -2.48. The van der Waals surface area contributed by atoms with Gasteiger partial charge in [-0.05, 0) is 68.5 Å². The molecule has 184 valence electrons. The number of nitrogens with zero attached hydrogens (tertiary/aromatic N) is 2. The number of hydrogen-bond acceptors (Lipinski definition) is 6. The van der Waals surface area contributed by atoms with Crippen LogP contribution in [0.4, 0.5) is 0 Å². The van der Waals surface area contributed by atoms with Crippen LogP contribution in [-0.2, 0) is 31.5 Å². The summed E-state index contributed by atoms with van der Waals surface area (Å²) in [4.78, 5) is 15.5. The molecule has 1 atom stereocenters. The Morgan fingerprint density at radius 3 is 2.50 bits per heavy atom. The highest BCUT2D eigenvalue weighted by Gasteiger charge is 2.49. The van der Waals surface area contributed by atoms with Crippen LogP contribution in [-0.4, -0.2) is 63.5 Å². The van der Waals surface area contributed by atoms with Crippen molar-refractivity contribution >= 4 is 16.0 Å². The highest BCUT2D eigenvalue weighted by Crippen LogP contribution is 2.44. The Morgan fingerprint density at radius 2 is 1.82 bits per heavy atom. The second-order valence-electron chi connectivity index (χ2n) is 9.23. The van der Waals surface area contributed by atoms with Crippen LogP contribution in [0, 0.1) is 13.8 Å². The molecule has 4 rings (SSSR count). The first-order valence-corrected chi connectivity index (χ1v) is 13.3. The first-order chi connectivity index (χ1) is 16.2. The minimum atomic E-state index is -3.73. The predicted octanol–water partition coefficient (Wildman–Crippen LogP) is 3.41. The Morgan fingerprint density at radius 1 is 1.09 bits per heavy atom. The SMILES string of the molecule is CCOC(=O)CC12CN(S(=O)(=O)c3ccc(C)cc3)CCCN1CCc1cc(OC)c(C)cc12. The monoisotopic (exact) mass is 486 g/mol. The Balaban J connectivity index is 1.84. The molecular weight excluding hydrogens is 452 g/mol. The van der Waals surface area contributed by atoms with Gasteiger partial charge in [0.05, 0.1) is 30.6 Å². The van der Waals surface area contributed by atoms with E-state index in [-0.39, 0.29) is 30.4 Å². The van der Waals surface area contributed by atoms with Crippen LogP contribution in [0.15, 0.2) is 41.3 Å². The molecule has 0 aromatic heterocycles. The van der Waals surface area contributed by atoms with Gasteiger partial charge in [-0.25, -0.2) is 8.42 Å². The zero-order valence-corrected chi connectivity index (χ0v) is 21.3. The third kappa shape index (κ3) is 4.46. The van der Waals surface area contributed by atoms with E-state index in [0.717, 1.165) is 41.0 Å². The molecular formula is C26H34N2O5S. The van der Waals surface area contributed by atoms with Crippen LogP contribution in [0.1, 0.15) is 42.0 Å². The van der Waals surface area contributed by atoms with Crippen molar-refractivity contribution in [1.82, 2.24) is 9.21 Å². The molecule has 1 saturated heterocycles. The number of benzene rings is 2. The summed E-state index contributed by atoms with van der Waals surface area (Å²) in [5.74, 6) is 0.486. The number of esters is 1. The molecule has 0 spiro atoms. The van der Waals surface area contributed by atoms with E-state index < -0.39 is 15.6 Å². The molecule has 0 N–H and O–H groups in total. The maximum atomic E-state index is 13.7. The highest BCUT2D eigenvalue weighted by molar-refractivity contribution is 7.89. The summed E-state index contributed by atoms with van der Waals surface area (Å²) in [6, 6.07) is 11.1. The van der Waals surface area contributed by atoms with Crippen molar-refractivity contribution in [2.45, 2.75) is 50.5 Å². The van der Waals surface area contributed by atoms with Crippen molar-refractivity contribution in [3.63, 3.8) is 0 Å². The molecule has 0 amide bonds. The van der Waals surface area contributed by atoms with Gasteiger partial charge >= 0.3 is 5.97 Å². The molecule has 0 saturated carbocycles. The topological polar surface area (TPSA) is 76.2 Å². The minimum absolute atomic E-state index is 0.0968. The van der Waals surface area contributed by atoms with E-state index in [9.17, 15) is 13.2 Å². The molecule has 34 heavy (non-hydrogen) atoms. The van der Waals surface area contributed by atoms with Crippen LogP contribution in [0.25, 0.3) is 0 Å². The molecule has 0 radical (unpaired) electrons. The quantitative estimate of drug-likeness (QED) is 0.583. The fourth-order valence-corrected chi connectivity index (χ4v) is 6.86. The molecule has 8 heteroatoms. The predicted molar refractivity (Wildman–Crippen MR) is 130 cm³/mol. The summed E-state index contributed by atoms with van der Waals surface area (Å²) in [6.45, 7) is 8.05. The van der Waals surface area contributed by atoms with Crippen LogP contribution in [0.2, 0.25) is 0 Å². The van der Waals surface area contributed by atoms with Crippen molar-refractivity contribution in [2.24, 2.45) is 0 Å². The van der Waals surface area contributed by atoms with E-state index in [0.29, 0.717) is 19.5 Å². The van der Waals surface area contributed by atoms with E-state index in [1.54, 1.807) is 30.5 Å². The average Bonchev–Trinajstić information content (AvgIpc) is 2.99. The van der Waals surface area contributed by atoms with Crippen LogP contribution in [0.3, 0.4) is 0 Å². The Kier molecular flexibility index (Phi) is 7.03. The van der Waals surface area contributed by atoms with Gasteiger partial charge in [-0.3, -0.25) is 9.69 Å². The second kappa shape index (κ2) is 9.68. The van der Waals surface area contributed by atoms with Gasteiger partial charge in [-0.2, -0.15) is 4.31 Å². The molecule has 2 aliphatic rings. The summed E-state index contributed by atoms with van der Waals surface area (Å²) in [5, 5.41) is 0. The number of carbonyl (C=O) groups is 1. The lowest BCUT2D eigenvalue weighted by atomic mass is 9.77. The summed E-state index contributed by atoms with van der Waals surface area (Å²) < 4.78 is 40.0. The molecule has 1 unspecified atom stereocenters. The second-order valence-corrected chi connectivity index (χ2v) is 11.2. The van der Waals surface area contributed by atoms with Crippen LogP contribution < -0.4 is 4.74 Å². The third-order valence-corrected chi connectivity index (χ3v) is 8.91. The van der Waals surface area contributed by atoms with Gasteiger partial charge in [-0.15, -0.1) is 0 Å². The number of methoxy groups -OCH3 is 1. The van der Waals surface area contributed by atoms with Crippen molar-refractivity contribution in [2.75, 3.05) is 39.9 Å². The lowest BCUT2D eigenvalue weighted by molar-refractivity contribution is -0.147. The molecule has 2 aliphatic heterocycles. The third-order valence-electron chi connectivity index (χ3n) is 7.05. The fourth-order valence-electron chi connectivity index (χ4n) is 5.33. The van der Waals surface area contributed by atoms with Gasteiger partial charge in [-0.1, -0.05) is 23.8 Å². The number of ether oxygens (including phenoxy) is 2. The average molecular weight is 487 g/mol. The Hall–Kier alpha value is -2.42. The molecule has 0 aliphatic carbocycles. The van der Waals surface area contributed by atoms with Gasteiger partial charge in [0.15, 0.2) is 0 Å². The first-order valence-electron chi connectivity index (χ1n) is 11.9. The number of hydrogen-bond donors (Lipinski definition) is 0. The van der Waals surface area contributed by atoms with E-state index in [4.69, 9.17) is 9.47 Å². The Labute approximate surface area is 202 Å². The summed E-state index contributed by atoms with van der Waals surface area (Å²) in [6.07, 6.45) is 1.61. The van der Waals surface area contributed by atoms with Crippen LogP contribution in [0.5, 0.6) is 5.75 Å². The lowest BCUT2D eigenvalue weighted by Crippen LogP contribution is -2.56. The molecule has 7 nitrogen and oxygen atoms in total. The molecule has 2 aromatic rings. The summed E-state index contributed by atoms with van der Waals surface area (Å²) >= 11 is 0. The van der Waals surface area contributed by atoms with Crippen molar-refractivity contribution in [1.29, 1.82) is 0 Å². The number of aryl methyl sites for hydroxylation is 2. The highest BCUT2D eigenvalue weighted by atomic mass is 32.2. The maximum absolute atomic E-state index is 13.7. The summed E-state index contributed by atoms with van der Waals surface area (Å²) in [7, 11) is -2.08. The normalized spacial score (nSPS) is 21.3. The minimum Gasteiger partial charge on any atom is -0.496 e. The standard InChI is InChI=1S/C26H34N2O5S/c1-5-33-25(29)17-26-18-28(34(30,31)22-9-7-19(2)8-10-22)13-6-12-27(26)14-11-21-16-24(32-4)20(3)15-23(21)26/h7-10,15-16H,5-6,11-14,17-18H2,1-4H3. The van der Waals surface area contributed by atoms with E-state index >= 15 is 0 Å². The molecule has 2 aromatic carbocycles. The Bertz CT molecular complexity index is 1160.